The van der Waals surface area contributed by atoms with Gasteiger partial charge in [-0.05, 0) is 17.2 Å². The molecule has 0 spiro atoms. The first-order valence-corrected chi connectivity index (χ1v) is 6.34. The van der Waals surface area contributed by atoms with Gasteiger partial charge in [0.25, 0.3) is 0 Å². The van der Waals surface area contributed by atoms with Crippen molar-refractivity contribution in [3.8, 4) is 0 Å². The molecule has 0 aliphatic heterocycles. The minimum Gasteiger partial charge on any atom is -0.381 e. The van der Waals surface area contributed by atoms with E-state index in [-0.39, 0.29) is 0 Å². The summed E-state index contributed by atoms with van der Waals surface area (Å²) in [5.41, 5.74) is 2.04. The second kappa shape index (κ2) is 6.81. The Kier molecular flexibility index (Phi) is 4.84. The van der Waals surface area contributed by atoms with Gasteiger partial charge in [-0.1, -0.05) is 24.3 Å². The van der Waals surface area contributed by atoms with Gasteiger partial charge in [-0.25, -0.2) is 0 Å². The summed E-state index contributed by atoms with van der Waals surface area (Å²) in [5, 5.41) is 13.6. The number of nitro benzene ring substituents is 1. The van der Waals surface area contributed by atoms with E-state index in [0.29, 0.717) is 18.8 Å². The Hall–Kier alpha value is -2.47. The molecule has 6 heteroatoms. The molecule has 110 valence electrons. The number of nitro groups is 1. The van der Waals surface area contributed by atoms with E-state index in [9.17, 15) is 14.5 Å². The largest absolute Gasteiger partial charge is 0.381 e. The first-order valence-electron chi connectivity index (χ1n) is 6.34. The second-order valence-corrected chi connectivity index (χ2v) is 4.53. The number of halogens is 1. The highest BCUT2D eigenvalue weighted by Gasteiger charge is 2.13. The van der Waals surface area contributed by atoms with Crippen molar-refractivity contribution in [1.29, 1.82) is 0 Å². The van der Waals surface area contributed by atoms with Crippen molar-refractivity contribution in [3.05, 3.63) is 69.5 Å². The summed E-state index contributed by atoms with van der Waals surface area (Å²) in [7, 11) is 1.63. The molecular weight excluding hydrogens is 275 g/mol. The fourth-order valence-electron chi connectivity index (χ4n) is 1.97. The van der Waals surface area contributed by atoms with Gasteiger partial charge in [0.15, 0.2) is 0 Å². The Morgan fingerprint density at radius 1 is 1.24 bits per heavy atom. The number of hydrogen-bond acceptors (Lipinski definition) is 4. The van der Waals surface area contributed by atoms with Crippen molar-refractivity contribution >= 4 is 11.4 Å². The van der Waals surface area contributed by atoms with Crippen molar-refractivity contribution in [1.82, 2.24) is 0 Å². The molecule has 0 heterocycles. The molecule has 0 amide bonds. The second-order valence-electron chi connectivity index (χ2n) is 4.53. The SMILES string of the molecule is COCc1cccc(CNc2ccc([N+](=O)[O-])c(F)c2)c1. The Balaban J connectivity index is 2.04. The molecule has 0 radical (unpaired) electrons. The van der Waals surface area contributed by atoms with Gasteiger partial charge in [-0.2, -0.15) is 4.39 Å². The van der Waals surface area contributed by atoms with Crippen LogP contribution in [-0.4, -0.2) is 12.0 Å². The van der Waals surface area contributed by atoms with E-state index in [4.69, 9.17) is 4.74 Å². The van der Waals surface area contributed by atoms with Gasteiger partial charge in [-0.15, -0.1) is 0 Å². The summed E-state index contributed by atoms with van der Waals surface area (Å²) < 4.78 is 18.6. The number of hydrogen-bond donors (Lipinski definition) is 1. The Morgan fingerprint density at radius 2 is 2.00 bits per heavy atom. The van der Waals surface area contributed by atoms with Crippen molar-refractivity contribution < 1.29 is 14.1 Å². The molecule has 0 bridgehead atoms. The molecule has 1 N–H and O–H groups in total. The number of methoxy groups -OCH3 is 1. The predicted molar refractivity (Wildman–Crippen MR) is 77.5 cm³/mol. The zero-order valence-corrected chi connectivity index (χ0v) is 11.5. The van der Waals surface area contributed by atoms with E-state index in [0.717, 1.165) is 23.3 Å². The molecule has 0 aliphatic rings. The van der Waals surface area contributed by atoms with Crippen molar-refractivity contribution in [2.75, 3.05) is 12.4 Å². The fourth-order valence-corrected chi connectivity index (χ4v) is 1.97. The molecule has 0 saturated heterocycles. The van der Waals surface area contributed by atoms with Crippen LogP contribution in [0.15, 0.2) is 42.5 Å². The maximum absolute atomic E-state index is 13.5. The number of anilines is 1. The lowest BCUT2D eigenvalue weighted by Crippen LogP contribution is -2.01. The van der Waals surface area contributed by atoms with Crippen LogP contribution in [0.25, 0.3) is 0 Å². The Labute approximate surface area is 121 Å². The number of benzene rings is 2. The molecule has 0 saturated carbocycles. The van der Waals surface area contributed by atoms with Gasteiger partial charge in [-0.3, -0.25) is 10.1 Å². The highest BCUT2D eigenvalue weighted by atomic mass is 19.1. The van der Waals surface area contributed by atoms with E-state index in [1.54, 1.807) is 7.11 Å². The third kappa shape index (κ3) is 4.00. The van der Waals surface area contributed by atoms with Gasteiger partial charge in [0.05, 0.1) is 11.5 Å². The molecule has 5 nitrogen and oxygen atoms in total. The van der Waals surface area contributed by atoms with Gasteiger partial charge in [0, 0.05) is 31.5 Å². The maximum atomic E-state index is 13.5. The van der Waals surface area contributed by atoms with Gasteiger partial charge in [0.1, 0.15) is 0 Å². The van der Waals surface area contributed by atoms with Crippen LogP contribution >= 0.6 is 0 Å². The van der Waals surface area contributed by atoms with Crippen LogP contribution < -0.4 is 5.32 Å². The quantitative estimate of drug-likeness (QED) is 0.653. The summed E-state index contributed by atoms with van der Waals surface area (Å²) in [5.74, 6) is -0.849. The number of ether oxygens (including phenoxy) is 1. The van der Waals surface area contributed by atoms with Crippen molar-refractivity contribution in [3.63, 3.8) is 0 Å². The molecule has 2 rings (SSSR count). The highest BCUT2D eigenvalue weighted by Crippen LogP contribution is 2.21. The lowest BCUT2D eigenvalue weighted by atomic mass is 10.1. The van der Waals surface area contributed by atoms with Crippen LogP contribution in [0.3, 0.4) is 0 Å². The van der Waals surface area contributed by atoms with E-state index < -0.39 is 16.4 Å². The molecule has 2 aromatic rings. The maximum Gasteiger partial charge on any atom is 0.304 e. The van der Waals surface area contributed by atoms with Crippen LogP contribution in [-0.2, 0) is 17.9 Å². The van der Waals surface area contributed by atoms with Crippen LogP contribution in [0, 0.1) is 15.9 Å². The number of rotatable bonds is 6. The third-order valence-electron chi connectivity index (χ3n) is 2.94. The van der Waals surface area contributed by atoms with E-state index in [1.807, 2.05) is 24.3 Å². The van der Waals surface area contributed by atoms with Crippen LogP contribution in [0.5, 0.6) is 0 Å². The van der Waals surface area contributed by atoms with Crippen molar-refractivity contribution in [2.24, 2.45) is 0 Å². The molecule has 0 aliphatic carbocycles. The molecule has 21 heavy (non-hydrogen) atoms. The molecular formula is C15H15FN2O3. The Morgan fingerprint density at radius 3 is 2.67 bits per heavy atom. The first-order chi connectivity index (χ1) is 10.1. The lowest BCUT2D eigenvalue weighted by molar-refractivity contribution is -0.387. The van der Waals surface area contributed by atoms with E-state index >= 15 is 0 Å². The first kappa shape index (κ1) is 14.9. The van der Waals surface area contributed by atoms with E-state index in [1.165, 1.54) is 6.07 Å². The molecule has 0 fully saturated rings. The highest BCUT2D eigenvalue weighted by molar-refractivity contribution is 5.50. The summed E-state index contributed by atoms with van der Waals surface area (Å²) in [6.45, 7) is 1.02. The monoisotopic (exact) mass is 290 g/mol. The molecule has 0 atom stereocenters. The fraction of sp³-hybridized carbons (Fsp3) is 0.200. The van der Waals surface area contributed by atoms with Crippen LogP contribution in [0.2, 0.25) is 0 Å². The standard InChI is InChI=1S/C15H15FN2O3/c1-21-10-12-4-2-3-11(7-12)9-17-13-5-6-15(18(19)20)14(16)8-13/h2-8,17H,9-10H2,1H3. The summed E-state index contributed by atoms with van der Waals surface area (Å²) >= 11 is 0. The van der Waals surface area contributed by atoms with Crippen molar-refractivity contribution in [2.45, 2.75) is 13.2 Å². The Bertz CT molecular complexity index is 647. The van der Waals surface area contributed by atoms with Crippen LogP contribution in [0.4, 0.5) is 15.8 Å². The minimum absolute atomic E-state index is 0.495. The summed E-state index contributed by atoms with van der Waals surface area (Å²) in [4.78, 5) is 9.80. The third-order valence-corrected chi connectivity index (χ3v) is 2.94. The lowest BCUT2D eigenvalue weighted by Gasteiger charge is -2.08. The zero-order valence-electron chi connectivity index (χ0n) is 11.5. The number of nitrogens with zero attached hydrogens (tertiary/aromatic N) is 1. The van der Waals surface area contributed by atoms with Crippen LogP contribution in [0.1, 0.15) is 11.1 Å². The zero-order chi connectivity index (χ0) is 15.2. The van der Waals surface area contributed by atoms with Gasteiger partial charge < -0.3 is 10.1 Å². The predicted octanol–water partition coefficient (Wildman–Crippen LogP) is 3.49. The normalized spacial score (nSPS) is 10.4. The molecule has 0 unspecified atom stereocenters. The van der Waals surface area contributed by atoms with Gasteiger partial charge in [0.2, 0.25) is 5.82 Å². The summed E-state index contributed by atoms with van der Waals surface area (Å²) in [6, 6.07) is 11.6. The average Bonchev–Trinajstić information content (AvgIpc) is 2.45. The molecule has 2 aromatic carbocycles. The molecule has 0 aromatic heterocycles. The minimum atomic E-state index is -0.849. The number of nitrogens with one attached hydrogen (secondary N) is 1. The summed E-state index contributed by atoms with van der Waals surface area (Å²) in [6.07, 6.45) is 0. The van der Waals surface area contributed by atoms with Gasteiger partial charge >= 0.3 is 5.69 Å². The average molecular weight is 290 g/mol. The smallest absolute Gasteiger partial charge is 0.304 e. The van der Waals surface area contributed by atoms with E-state index in [2.05, 4.69) is 5.32 Å². The topological polar surface area (TPSA) is 64.4 Å².